The van der Waals surface area contributed by atoms with Crippen LogP contribution in [0.5, 0.6) is 0 Å². The van der Waals surface area contributed by atoms with Crippen molar-refractivity contribution in [1.82, 2.24) is 4.57 Å². The van der Waals surface area contributed by atoms with Crippen LogP contribution in [0.1, 0.15) is 52.2 Å². The molecule has 0 saturated carbocycles. The lowest BCUT2D eigenvalue weighted by atomic mass is 9.85. The van der Waals surface area contributed by atoms with E-state index in [4.69, 9.17) is 16.7 Å². The molecule has 2 aromatic carbocycles. The predicted molar refractivity (Wildman–Crippen MR) is 125 cm³/mol. The Balaban J connectivity index is 2.03. The largest absolute Gasteiger partial charge is 0.411 e. The number of ketones is 1. The van der Waals surface area contributed by atoms with E-state index in [0.29, 0.717) is 27.4 Å². The zero-order valence-electron chi connectivity index (χ0n) is 18.0. The first kappa shape index (κ1) is 24.4. The van der Waals surface area contributed by atoms with Gasteiger partial charge in [0.2, 0.25) is 5.56 Å². The molecular weight excluding hydrogens is 447 g/mol. The molecule has 2 N–H and O–H groups in total. The maximum Gasteiger partial charge on any atom is 0.250 e. The van der Waals surface area contributed by atoms with Gasteiger partial charge >= 0.3 is 0 Å². The highest BCUT2D eigenvalue weighted by molar-refractivity contribution is 6.31. The number of rotatable bonds is 9. The molecule has 0 saturated heterocycles. The molecule has 0 bridgehead atoms. The van der Waals surface area contributed by atoms with Crippen molar-refractivity contribution in [2.45, 2.75) is 25.2 Å². The lowest BCUT2D eigenvalue weighted by Gasteiger charge is -2.21. The molecular formula is C25H24ClFN2O4. The van der Waals surface area contributed by atoms with Gasteiger partial charge in [0.25, 0.3) is 0 Å². The summed E-state index contributed by atoms with van der Waals surface area (Å²) in [5, 5.41) is 22.6. The van der Waals surface area contributed by atoms with Gasteiger partial charge in [-0.3, -0.25) is 9.59 Å². The van der Waals surface area contributed by atoms with Gasteiger partial charge in [0.15, 0.2) is 5.78 Å². The van der Waals surface area contributed by atoms with Crippen LogP contribution >= 0.6 is 11.6 Å². The number of carbonyl (C=O) groups is 1. The molecule has 33 heavy (non-hydrogen) atoms. The molecule has 0 aliphatic rings. The normalized spacial score (nSPS) is 12.5. The molecule has 0 fully saturated rings. The van der Waals surface area contributed by atoms with Crippen LogP contribution in [0.3, 0.4) is 0 Å². The van der Waals surface area contributed by atoms with Crippen molar-refractivity contribution in [3.63, 3.8) is 0 Å². The van der Waals surface area contributed by atoms with E-state index in [1.54, 1.807) is 49.6 Å². The van der Waals surface area contributed by atoms with Crippen LogP contribution in [-0.2, 0) is 7.05 Å². The SMILES string of the molecule is Cn1cc(/C(CC(c2ccc(C(=O)CCCO)c(F)c2)c2ccccc2Cl)=N/O)ccc1=O. The molecule has 6 nitrogen and oxygen atoms in total. The van der Waals surface area contributed by atoms with Gasteiger partial charge in [-0.2, -0.15) is 0 Å². The first-order chi connectivity index (χ1) is 15.8. The Morgan fingerprint density at radius 2 is 1.94 bits per heavy atom. The highest BCUT2D eigenvalue weighted by Gasteiger charge is 2.23. The summed E-state index contributed by atoms with van der Waals surface area (Å²) >= 11 is 6.45. The number of Topliss-reactive ketones (excluding diaryl/α,β-unsaturated/α-hetero) is 1. The summed E-state index contributed by atoms with van der Waals surface area (Å²) in [6.07, 6.45) is 2.03. The second-order valence-electron chi connectivity index (χ2n) is 7.68. The number of hydrogen-bond acceptors (Lipinski definition) is 5. The summed E-state index contributed by atoms with van der Waals surface area (Å²) in [5.74, 6) is -1.54. The first-order valence-electron chi connectivity index (χ1n) is 10.4. The molecule has 1 heterocycles. The van der Waals surface area contributed by atoms with Crippen LogP contribution in [0.25, 0.3) is 0 Å². The van der Waals surface area contributed by atoms with Gasteiger partial charge < -0.3 is 14.9 Å². The Bertz CT molecular complexity index is 1240. The van der Waals surface area contributed by atoms with E-state index >= 15 is 0 Å². The number of nitrogens with zero attached hydrogens (tertiary/aromatic N) is 2. The standard InChI is InChI=1S/C25H24ClFN2O4/c1-29-15-17(9-11-25(29)32)23(28-33)14-20(18-5-2-3-6-21(18)26)16-8-10-19(22(27)13-16)24(31)7-4-12-30/h2-3,5-6,8-11,13,15,20,30,33H,4,7,12,14H2,1H3/b28-23+. The van der Waals surface area contributed by atoms with Crippen LogP contribution in [0.2, 0.25) is 5.02 Å². The second kappa shape index (κ2) is 11.0. The summed E-state index contributed by atoms with van der Waals surface area (Å²) in [6.45, 7) is -0.144. The van der Waals surface area contributed by atoms with Gasteiger partial charge in [0.05, 0.1) is 11.3 Å². The van der Waals surface area contributed by atoms with Crippen molar-refractivity contribution in [1.29, 1.82) is 0 Å². The third-order valence-electron chi connectivity index (χ3n) is 5.48. The maximum absolute atomic E-state index is 14.9. The van der Waals surface area contributed by atoms with Crippen LogP contribution < -0.4 is 5.56 Å². The number of pyridine rings is 1. The van der Waals surface area contributed by atoms with Crippen molar-refractivity contribution < 1.29 is 19.5 Å². The van der Waals surface area contributed by atoms with Gasteiger partial charge in [-0.15, -0.1) is 0 Å². The fraction of sp³-hybridized carbons (Fsp3) is 0.240. The highest BCUT2D eigenvalue weighted by atomic mass is 35.5. The van der Waals surface area contributed by atoms with Crippen LogP contribution in [0.4, 0.5) is 4.39 Å². The molecule has 3 aromatic rings. The van der Waals surface area contributed by atoms with Crippen LogP contribution in [0.15, 0.2) is 70.7 Å². The molecule has 172 valence electrons. The number of aryl methyl sites for hydroxylation is 1. The summed E-state index contributed by atoms with van der Waals surface area (Å²) < 4.78 is 16.3. The molecule has 1 aromatic heterocycles. The van der Waals surface area contributed by atoms with Crippen molar-refractivity contribution >= 4 is 23.1 Å². The minimum atomic E-state index is -0.669. The Morgan fingerprint density at radius 3 is 2.58 bits per heavy atom. The molecule has 0 aliphatic heterocycles. The molecule has 8 heteroatoms. The van der Waals surface area contributed by atoms with Crippen molar-refractivity contribution in [2.75, 3.05) is 6.61 Å². The Morgan fingerprint density at radius 1 is 1.18 bits per heavy atom. The zero-order valence-corrected chi connectivity index (χ0v) is 18.8. The summed E-state index contributed by atoms with van der Waals surface area (Å²) in [5.41, 5.74) is 1.82. The van der Waals surface area contributed by atoms with E-state index in [-0.39, 0.29) is 42.8 Å². The van der Waals surface area contributed by atoms with Gasteiger partial charge in [-0.25, -0.2) is 4.39 Å². The van der Waals surface area contributed by atoms with E-state index < -0.39 is 11.7 Å². The Kier molecular flexibility index (Phi) is 8.14. The molecule has 0 amide bonds. The summed E-state index contributed by atoms with van der Waals surface area (Å²) in [6, 6.07) is 14.4. The monoisotopic (exact) mass is 470 g/mol. The van der Waals surface area contributed by atoms with Crippen molar-refractivity contribution in [3.05, 3.63) is 104 Å². The number of aliphatic hydroxyl groups is 1. The number of benzene rings is 2. The summed E-state index contributed by atoms with van der Waals surface area (Å²) in [4.78, 5) is 24.0. The number of hydrogen-bond donors (Lipinski definition) is 2. The van der Waals surface area contributed by atoms with Gasteiger partial charge in [-0.1, -0.05) is 41.0 Å². The van der Waals surface area contributed by atoms with Crippen LogP contribution in [-0.4, -0.2) is 33.0 Å². The lowest BCUT2D eigenvalue weighted by molar-refractivity contribution is 0.0967. The quantitative estimate of drug-likeness (QED) is 0.208. The number of carbonyl (C=O) groups excluding carboxylic acids is 1. The third kappa shape index (κ3) is 5.74. The van der Waals surface area contributed by atoms with Crippen molar-refractivity contribution in [2.24, 2.45) is 12.2 Å². The average Bonchev–Trinajstić information content (AvgIpc) is 2.81. The number of halogens is 2. The number of oxime groups is 1. The topological polar surface area (TPSA) is 91.9 Å². The molecule has 0 spiro atoms. The molecule has 1 atom stereocenters. The Hall–Kier alpha value is -3.29. The highest BCUT2D eigenvalue weighted by Crippen LogP contribution is 2.35. The molecule has 3 rings (SSSR count). The van der Waals surface area contributed by atoms with E-state index in [2.05, 4.69) is 5.16 Å². The average molecular weight is 471 g/mol. The number of aromatic nitrogens is 1. The van der Waals surface area contributed by atoms with E-state index in [9.17, 15) is 19.2 Å². The molecule has 0 radical (unpaired) electrons. The zero-order chi connectivity index (χ0) is 24.0. The van der Waals surface area contributed by atoms with Crippen molar-refractivity contribution in [3.8, 4) is 0 Å². The molecule has 1 unspecified atom stereocenters. The third-order valence-corrected chi connectivity index (χ3v) is 5.82. The Labute approximate surface area is 195 Å². The van der Waals surface area contributed by atoms with Gasteiger partial charge in [0.1, 0.15) is 5.82 Å². The fourth-order valence-corrected chi connectivity index (χ4v) is 3.96. The minimum Gasteiger partial charge on any atom is -0.411 e. The van der Waals surface area contributed by atoms with Gasteiger partial charge in [-0.05, 0) is 41.8 Å². The minimum absolute atomic E-state index is 0.0424. The van der Waals surface area contributed by atoms with Gasteiger partial charge in [0, 0.05) is 55.3 Å². The number of aliphatic hydroxyl groups excluding tert-OH is 1. The van der Waals surface area contributed by atoms with Crippen LogP contribution in [0, 0.1) is 5.82 Å². The molecule has 0 aliphatic carbocycles. The fourth-order valence-electron chi connectivity index (χ4n) is 3.69. The first-order valence-corrected chi connectivity index (χ1v) is 10.8. The smallest absolute Gasteiger partial charge is 0.250 e. The lowest BCUT2D eigenvalue weighted by Crippen LogP contribution is -2.18. The van der Waals surface area contributed by atoms with E-state index in [1.807, 2.05) is 0 Å². The van der Waals surface area contributed by atoms with E-state index in [1.165, 1.54) is 22.8 Å². The summed E-state index contributed by atoms with van der Waals surface area (Å²) in [7, 11) is 1.59. The second-order valence-corrected chi connectivity index (χ2v) is 8.09. The predicted octanol–water partition coefficient (Wildman–Crippen LogP) is 4.53. The maximum atomic E-state index is 14.9. The van der Waals surface area contributed by atoms with E-state index in [0.717, 1.165) is 0 Å².